The first-order valence-corrected chi connectivity index (χ1v) is 11.7. The SMILES string of the molecule is Cc1csc(C2(CN)C3CCN(c4cnc5c(-c6ccccc6Cl)n[nH]c5n4)CC32)n1. The number of anilines is 1. The van der Waals surface area contributed by atoms with Crippen molar-refractivity contribution in [2.24, 2.45) is 17.6 Å². The zero-order valence-corrected chi connectivity index (χ0v) is 18.6. The van der Waals surface area contributed by atoms with Crippen molar-refractivity contribution >= 4 is 39.9 Å². The van der Waals surface area contributed by atoms with E-state index in [0.29, 0.717) is 29.1 Å². The molecule has 0 bridgehead atoms. The minimum Gasteiger partial charge on any atom is -0.355 e. The monoisotopic (exact) mass is 451 g/mol. The van der Waals surface area contributed by atoms with Gasteiger partial charge in [-0.1, -0.05) is 29.8 Å². The lowest BCUT2D eigenvalue weighted by molar-refractivity contribution is 0.545. The fraction of sp³-hybridized carbons (Fsp3) is 0.364. The number of nitrogens with zero attached hydrogens (tertiary/aromatic N) is 5. The highest BCUT2D eigenvalue weighted by Crippen LogP contribution is 2.63. The lowest BCUT2D eigenvalue weighted by atomic mass is 10.0. The number of piperidine rings is 1. The lowest BCUT2D eigenvalue weighted by Gasteiger charge is -2.26. The van der Waals surface area contributed by atoms with Gasteiger partial charge in [0.1, 0.15) is 22.0 Å². The Hall–Kier alpha value is -2.55. The summed E-state index contributed by atoms with van der Waals surface area (Å²) in [6, 6.07) is 7.64. The van der Waals surface area contributed by atoms with E-state index in [1.54, 1.807) is 11.3 Å². The highest BCUT2D eigenvalue weighted by atomic mass is 35.5. The second-order valence-electron chi connectivity index (χ2n) is 8.46. The number of nitrogens with two attached hydrogens (primary N) is 1. The molecule has 3 atom stereocenters. The van der Waals surface area contributed by atoms with Crippen molar-refractivity contribution < 1.29 is 0 Å². The summed E-state index contributed by atoms with van der Waals surface area (Å²) in [5.41, 5.74) is 10.4. The molecule has 1 aliphatic carbocycles. The van der Waals surface area contributed by atoms with Gasteiger partial charge in [0.25, 0.3) is 0 Å². The molecule has 0 spiro atoms. The highest BCUT2D eigenvalue weighted by Gasteiger charge is 2.67. The van der Waals surface area contributed by atoms with Crippen LogP contribution in [0, 0.1) is 18.8 Å². The van der Waals surface area contributed by atoms with Crippen LogP contribution < -0.4 is 10.6 Å². The minimum atomic E-state index is 0.0242. The van der Waals surface area contributed by atoms with E-state index in [1.807, 2.05) is 30.5 Å². The fourth-order valence-corrected chi connectivity index (χ4v) is 6.61. The molecular weight excluding hydrogens is 430 g/mol. The number of nitrogens with one attached hydrogen (secondary N) is 1. The smallest absolute Gasteiger partial charge is 0.177 e. The predicted molar refractivity (Wildman–Crippen MR) is 124 cm³/mol. The van der Waals surface area contributed by atoms with Gasteiger partial charge < -0.3 is 10.6 Å². The number of benzene rings is 1. The van der Waals surface area contributed by atoms with E-state index >= 15 is 0 Å². The summed E-state index contributed by atoms with van der Waals surface area (Å²) in [7, 11) is 0. The van der Waals surface area contributed by atoms with Crippen LogP contribution in [0.1, 0.15) is 17.1 Å². The molecule has 0 radical (unpaired) electrons. The van der Waals surface area contributed by atoms with E-state index in [2.05, 4.69) is 27.4 Å². The van der Waals surface area contributed by atoms with E-state index in [0.717, 1.165) is 47.8 Å². The summed E-state index contributed by atoms with van der Waals surface area (Å²) < 4.78 is 0. The van der Waals surface area contributed by atoms with Crippen molar-refractivity contribution in [1.29, 1.82) is 0 Å². The molecule has 3 unspecified atom stereocenters. The van der Waals surface area contributed by atoms with E-state index < -0.39 is 0 Å². The topological polar surface area (TPSA) is 96.6 Å². The van der Waals surface area contributed by atoms with Crippen molar-refractivity contribution in [3.8, 4) is 11.3 Å². The molecule has 3 N–H and O–H groups in total. The Labute approximate surface area is 188 Å². The molecule has 2 aliphatic rings. The Kier molecular flexibility index (Phi) is 4.31. The van der Waals surface area contributed by atoms with Gasteiger partial charge in [0.15, 0.2) is 5.65 Å². The van der Waals surface area contributed by atoms with E-state index in [1.165, 1.54) is 5.01 Å². The van der Waals surface area contributed by atoms with E-state index in [4.69, 9.17) is 32.3 Å². The number of H-pyrrole nitrogens is 1. The third-order valence-corrected chi connectivity index (χ3v) is 8.38. The molecular formula is C22H22ClN7S. The molecule has 4 aromatic rings. The van der Waals surface area contributed by atoms with Crippen LogP contribution in [0.15, 0.2) is 35.8 Å². The summed E-state index contributed by atoms with van der Waals surface area (Å²) in [4.78, 5) is 16.6. The molecule has 158 valence electrons. The lowest BCUT2D eigenvalue weighted by Crippen LogP contribution is -2.32. The number of halogens is 1. The molecule has 1 aliphatic heterocycles. The highest BCUT2D eigenvalue weighted by molar-refractivity contribution is 7.09. The van der Waals surface area contributed by atoms with Crippen LogP contribution in [0.4, 0.5) is 5.82 Å². The third-order valence-electron chi connectivity index (χ3n) is 6.89. The average Bonchev–Trinajstić information content (AvgIpc) is 3.04. The number of fused-ring (bicyclic) bond motifs is 2. The van der Waals surface area contributed by atoms with Gasteiger partial charge in [-0.15, -0.1) is 11.3 Å². The standard InChI is InChI=1S/C22H22ClN7S/c1-12-10-31-21(26-12)22(11-24)14-6-7-30(9-15(14)22)17-8-25-19-18(28-29-20(19)27-17)13-4-2-3-5-16(13)23/h2-5,8,10,14-15H,6-7,9,11,24H2,1H3,(H,27,28,29). The number of hydrogen-bond acceptors (Lipinski definition) is 7. The van der Waals surface area contributed by atoms with Crippen molar-refractivity contribution in [1.82, 2.24) is 25.1 Å². The maximum absolute atomic E-state index is 6.36. The van der Waals surface area contributed by atoms with Crippen LogP contribution in [0.5, 0.6) is 0 Å². The molecule has 4 heterocycles. The second-order valence-corrected chi connectivity index (χ2v) is 9.73. The van der Waals surface area contributed by atoms with Gasteiger partial charge in [-0.05, 0) is 31.2 Å². The fourth-order valence-electron chi connectivity index (χ4n) is 5.25. The largest absolute Gasteiger partial charge is 0.355 e. The van der Waals surface area contributed by atoms with Crippen LogP contribution in [-0.4, -0.2) is 44.8 Å². The summed E-state index contributed by atoms with van der Waals surface area (Å²) >= 11 is 8.11. The van der Waals surface area contributed by atoms with Gasteiger partial charge >= 0.3 is 0 Å². The van der Waals surface area contributed by atoms with Crippen molar-refractivity contribution in [2.75, 3.05) is 24.5 Å². The molecule has 1 saturated carbocycles. The third kappa shape index (κ3) is 2.82. The molecule has 31 heavy (non-hydrogen) atoms. The van der Waals surface area contributed by atoms with Crippen LogP contribution in [0.3, 0.4) is 0 Å². The molecule has 0 amide bonds. The average molecular weight is 452 g/mol. The number of aryl methyl sites for hydroxylation is 1. The molecule has 6 rings (SSSR count). The van der Waals surface area contributed by atoms with Gasteiger partial charge in [0.2, 0.25) is 0 Å². The first-order valence-electron chi connectivity index (χ1n) is 10.5. The van der Waals surface area contributed by atoms with Crippen molar-refractivity contribution in [2.45, 2.75) is 18.8 Å². The molecule has 7 nitrogen and oxygen atoms in total. The van der Waals surface area contributed by atoms with Crippen LogP contribution >= 0.6 is 22.9 Å². The normalized spacial score (nSPS) is 25.1. The second kappa shape index (κ2) is 6.98. The summed E-state index contributed by atoms with van der Waals surface area (Å²) in [5.74, 6) is 1.98. The van der Waals surface area contributed by atoms with Gasteiger partial charge in [-0.3, -0.25) is 5.10 Å². The molecule has 2 fully saturated rings. The first-order chi connectivity index (χ1) is 15.1. The molecule has 1 aromatic carbocycles. The van der Waals surface area contributed by atoms with Crippen LogP contribution in [-0.2, 0) is 5.41 Å². The Morgan fingerprint density at radius 3 is 2.94 bits per heavy atom. The number of aromatic nitrogens is 5. The number of hydrogen-bond donors (Lipinski definition) is 2. The van der Waals surface area contributed by atoms with Crippen LogP contribution in [0.25, 0.3) is 22.4 Å². The van der Waals surface area contributed by atoms with Gasteiger partial charge in [0.05, 0.1) is 11.2 Å². The summed E-state index contributed by atoms with van der Waals surface area (Å²) in [5, 5.41) is 11.4. The van der Waals surface area contributed by atoms with Gasteiger partial charge in [-0.2, -0.15) is 5.10 Å². The molecule has 9 heteroatoms. The Morgan fingerprint density at radius 2 is 2.16 bits per heavy atom. The maximum Gasteiger partial charge on any atom is 0.177 e. The van der Waals surface area contributed by atoms with Gasteiger partial charge in [0, 0.05) is 41.7 Å². The first kappa shape index (κ1) is 19.2. The number of aromatic amines is 1. The van der Waals surface area contributed by atoms with Gasteiger partial charge in [-0.25, -0.2) is 15.0 Å². The quantitative estimate of drug-likeness (QED) is 0.490. The summed E-state index contributed by atoms with van der Waals surface area (Å²) in [6.45, 7) is 4.56. The number of thiazole rings is 1. The molecule has 3 aromatic heterocycles. The predicted octanol–water partition coefficient (Wildman–Crippen LogP) is 3.79. The Balaban J connectivity index is 1.29. The zero-order chi connectivity index (χ0) is 21.2. The van der Waals surface area contributed by atoms with E-state index in [-0.39, 0.29) is 5.41 Å². The zero-order valence-electron chi connectivity index (χ0n) is 17.0. The number of rotatable bonds is 4. The molecule has 1 saturated heterocycles. The van der Waals surface area contributed by atoms with Crippen molar-refractivity contribution in [3.63, 3.8) is 0 Å². The van der Waals surface area contributed by atoms with Crippen molar-refractivity contribution in [3.05, 3.63) is 51.6 Å². The minimum absolute atomic E-state index is 0.0242. The Morgan fingerprint density at radius 1 is 1.29 bits per heavy atom. The maximum atomic E-state index is 6.36. The summed E-state index contributed by atoms with van der Waals surface area (Å²) in [6.07, 6.45) is 2.94. The van der Waals surface area contributed by atoms with Crippen LogP contribution in [0.2, 0.25) is 5.02 Å². The Bertz CT molecular complexity index is 1280. The van der Waals surface area contributed by atoms with E-state index in [9.17, 15) is 0 Å².